The van der Waals surface area contributed by atoms with Crippen LogP contribution in [0.3, 0.4) is 0 Å². The molecule has 0 spiro atoms. The zero-order valence-electron chi connectivity index (χ0n) is 6.24. The first-order valence-electron chi connectivity index (χ1n) is 3.16. The zero-order chi connectivity index (χ0) is 9.30. The minimum Gasteiger partial charge on any atom is -0.258 e. The predicted octanol–water partition coefficient (Wildman–Crippen LogP) is 2.85. The average molecular weight is 204 g/mol. The third kappa shape index (κ3) is 1.70. The Morgan fingerprint density at radius 1 is 1.58 bits per heavy atom. The van der Waals surface area contributed by atoms with Crippen molar-refractivity contribution in [2.75, 3.05) is 0 Å². The first-order chi connectivity index (χ1) is 5.52. The SMILES string of the molecule is Cc1cc(Cl)c(S)c([N+](=O)[O-])c1. The molecule has 3 nitrogen and oxygen atoms in total. The molecule has 0 unspecified atom stereocenters. The second-order valence-corrected chi connectivity index (χ2v) is 3.23. The van der Waals surface area contributed by atoms with Crippen LogP contribution in [0, 0.1) is 17.0 Å². The molecule has 0 heterocycles. The molecule has 0 aliphatic heterocycles. The van der Waals surface area contributed by atoms with E-state index in [0.717, 1.165) is 5.56 Å². The maximum atomic E-state index is 10.4. The second kappa shape index (κ2) is 3.33. The van der Waals surface area contributed by atoms with Gasteiger partial charge in [0.1, 0.15) is 4.90 Å². The Bertz CT molecular complexity index is 340. The van der Waals surface area contributed by atoms with Crippen LogP contribution in [0.15, 0.2) is 17.0 Å². The van der Waals surface area contributed by atoms with Crippen molar-refractivity contribution >= 4 is 29.9 Å². The Morgan fingerprint density at radius 2 is 2.17 bits per heavy atom. The number of nitrogens with zero attached hydrogens (tertiary/aromatic N) is 1. The van der Waals surface area contributed by atoms with Crippen molar-refractivity contribution < 1.29 is 4.92 Å². The van der Waals surface area contributed by atoms with Crippen LogP contribution < -0.4 is 0 Å². The van der Waals surface area contributed by atoms with Gasteiger partial charge in [-0.2, -0.15) is 0 Å². The van der Waals surface area contributed by atoms with Crippen LogP contribution in [0.2, 0.25) is 5.02 Å². The number of rotatable bonds is 1. The molecule has 0 aliphatic carbocycles. The van der Waals surface area contributed by atoms with E-state index < -0.39 is 4.92 Å². The monoisotopic (exact) mass is 203 g/mol. The fourth-order valence-corrected chi connectivity index (χ4v) is 1.34. The second-order valence-electron chi connectivity index (χ2n) is 2.37. The van der Waals surface area contributed by atoms with Crippen LogP contribution in [0.4, 0.5) is 5.69 Å². The lowest BCUT2D eigenvalue weighted by atomic mass is 10.2. The molecule has 5 heteroatoms. The minimum absolute atomic E-state index is 0.0525. The number of aryl methyl sites for hydroxylation is 1. The number of thiol groups is 1. The number of nitro groups is 1. The molecule has 12 heavy (non-hydrogen) atoms. The lowest BCUT2D eigenvalue weighted by Crippen LogP contribution is -1.90. The molecule has 1 aromatic rings. The van der Waals surface area contributed by atoms with Crippen molar-refractivity contribution in [1.82, 2.24) is 0 Å². The van der Waals surface area contributed by atoms with Gasteiger partial charge in [-0.15, -0.1) is 12.6 Å². The fourth-order valence-electron chi connectivity index (χ4n) is 0.855. The van der Waals surface area contributed by atoms with Gasteiger partial charge >= 0.3 is 0 Å². The highest BCUT2D eigenvalue weighted by atomic mass is 35.5. The molecule has 0 amide bonds. The van der Waals surface area contributed by atoms with Crippen LogP contribution >= 0.6 is 24.2 Å². The molecule has 0 radical (unpaired) electrons. The van der Waals surface area contributed by atoms with Gasteiger partial charge in [-0.25, -0.2) is 0 Å². The largest absolute Gasteiger partial charge is 0.284 e. The first kappa shape index (κ1) is 9.35. The van der Waals surface area contributed by atoms with E-state index in [2.05, 4.69) is 12.6 Å². The van der Waals surface area contributed by atoms with Gasteiger partial charge in [-0.05, 0) is 18.6 Å². The van der Waals surface area contributed by atoms with E-state index in [1.165, 1.54) is 6.07 Å². The Hall–Kier alpha value is -0.740. The molecule has 0 bridgehead atoms. The number of halogens is 1. The predicted molar refractivity (Wildman–Crippen MR) is 50.1 cm³/mol. The number of benzene rings is 1. The van der Waals surface area contributed by atoms with Crippen molar-refractivity contribution in [2.45, 2.75) is 11.8 Å². The van der Waals surface area contributed by atoms with Gasteiger partial charge in [0.25, 0.3) is 5.69 Å². The third-order valence-electron chi connectivity index (χ3n) is 1.38. The lowest BCUT2D eigenvalue weighted by molar-refractivity contribution is -0.387. The molecule has 0 aromatic heterocycles. The molecule has 1 aromatic carbocycles. The number of hydrogen-bond donors (Lipinski definition) is 1. The van der Waals surface area contributed by atoms with Crippen LogP contribution in [0.1, 0.15) is 5.56 Å². The van der Waals surface area contributed by atoms with Gasteiger partial charge in [-0.3, -0.25) is 10.1 Å². The van der Waals surface area contributed by atoms with E-state index in [0.29, 0.717) is 5.02 Å². The van der Waals surface area contributed by atoms with E-state index in [-0.39, 0.29) is 10.6 Å². The van der Waals surface area contributed by atoms with Crippen LogP contribution in [0.5, 0.6) is 0 Å². The Balaban J connectivity index is 3.37. The highest BCUT2D eigenvalue weighted by Crippen LogP contribution is 2.30. The normalized spacial score (nSPS) is 9.92. The maximum absolute atomic E-state index is 10.4. The average Bonchev–Trinajstić information content (AvgIpc) is 1.96. The van der Waals surface area contributed by atoms with Crippen molar-refractivity contribution in [1.29, 1.82) is 0 Å². The van der Waals surface area contributed by atoms with Crippen molar-refractivity contribution in [3.8, 4) is 0 Å². The Morgan fingerprint density at radius 3 is 2.67 bits per heavy atom. The smallest absolute Gasteiger partial charge is 0.258 e. The summed E-state index contributed by atoms with van der Waals surface area (Å²) in [5.74, 6) is 0. The van der Waals surface area contributed by atoms with E-state index in [9.17, 15) is 10.1 Å². The molecule has 0 atom stereocenters. The Kier molecular flexibility index (Phi) is 2.59. The van der Waals surface area contributed by atoms with Gasteiger partial charge in [0, 0.05) is 6.07 Å². The topological polar surface area (TPSA) is 43.1 Å². The molecular formula is C7H6ClNO2S. The van der Waals surface area contributed by atoms with Gasteiger partial charge < -0.3 is 0 Å². The summed E-state index contributed by atoms with van der Waals surface area (Å²) in [6.07, 6.45) is 0. The zero-order valence-corrected chi connectivity index (χ0v) is 7.89. The maximum Gasteiger partial charge on any atom is 0.284 e. The summed E-state index contributed by atoms with van der Waals surface area (Å²) in [6, 6.07) is 3.07. The van der Waals surface area contributed by atoms with Crippen molar-refractivity contribution in [3.05, 3.63) is 32.8 Å². The van der Waals surface area contributed by atoms with E-state index in [1.54, 1.807) is 13.0 Å². The van der Waals surface area contributed by atoms with E-state index in [1.807, 2.05) is 0 Å². The molecule has 64 valence electrons. The van der Waals surface area contributed by atoms with Gasteiger partial charge in [0.15, 0.2) is 0 Å². The number of nitro benzene ring substituents is 1. The summed E-state index contributed by atoms with van der Waals surface area (Å²) >= 11 is 9.61. The summed E-state index contributed by atoms with van der Waals surface area (Å²) in [6.45, 7) is 1.74. The molecular weight excluding hydrogens is 198 g/mol. The molecule has 1 rings (SSSR count). The summed E-state index contributed by atoms with van der Waals surface area (Å²) < 4.78 is 0. The molecule has 0 saturated heterocycles. The summed E-state index contributed by atoms with van der Waals surface area (Å²) in [5, 5.41) is 10.7. The fraction of sp³-hybridized carbons (Fsp3) is 0.143. The van der Waals surface area contributed by atoms with Crippen LogP contribution in [-0.4, -0.2) is 4.92 Å². The summed E-state index contributed by atoms with van der Waals surface area (Å²) in [7, 11) is 0. The van der Waals surface area contributed by atoms with Gasteiger partial charge in [0.2, 0.25) is 0 Å². The van der Waals surface area contributed by atoms with Crippen LogP contribution in [0.25, 0.3) is 0 Å². The minimum atomic E-state index is -0.499. The van der Waals surface area contributed by atoms with Crippen molar-refractivity contribution in [2.24, 2.45) is 0 Å². The highest BCUT2D eigenvalue weighted by Gasteiger charge is 2.14. The van der Waals surface area contributed by atoms with E-state index in [4.69, 9.17) is 11.6 Å². The van der Waals surface area contributed by atoms with Crippen molar-refractivity contribution in [3.63, 3.8) is 0 Å². The highest BCUT2D eigenvalue weighted by molar-refractivity contribution is 7.80. The lowest BCUT2D eigenvalue weighted by Gasteiger charge is -1.99. The van der Waals surface area contributed by atoms with Crippen LogP contribution in [-0.2, 0) is 0 Å². The van der Waals surface area contributed by atoms with Gasteiger partial charge in [0.05, 0.1) is 9.95 Å². The van der Waals surface area contributed by atoms with Gasteiger partial charge in [-0.1, -0.05) is 11.6 Å². The summed E-state index contributed by atoms with van der Waals surface area (Å²) in [4.78, 5) is 10.1. The molecule has 0 fully saturated rings. The molecule has 0 saturated carbocycles. The molecule has 0 aliphatic rings. The summed E-state index contributed by atoms with van der Waals surface area (Å²) in [5.41, 5.74) is 0.702. The molecule has 0 N–H and O–H groups in total. The number of hydrogen-bond acceptors (Lipinski definition) is 3. The third-order valence-corrected chi connectivity index (χ3v) is 2.28. The van der Waals surface area contributed by atoms with E-state index >= 15 is 0 Å². The quantitative estimate of drug-likeness (QED) is 0.433. The first-order valence-corrected chi connectivity index (χ1v) is 3.98. The standard InChI is InChI=1S/C7H6ClNO2S/c1-4-2-5(8)7(12)6(3-4)9(10)11/h2-3,12H,1H3. The Labute approximate surface area is 79.9 Å².